The molecule has 162 valence electrons. The smallest absolute Gasteiger partial charge is 0.257 e. The van der Waals surface area contributed by atoms with Crippen molar-refractivity contribution in [2.24, 2.45) is 0 Å². The summed E-state index contributed by atoms with van der Waals surface area (Å²) < 4.78 is 25.1. The van der Waals surface area contributed by atoms with E-state index >= 15 is 0 Å². The van der Waals surface area contributed by atoms with Crippen LogP contribution in [-0.2, 0) is 17.8 Å². The molecule has 1 N–H and O–H groups in total. The first-order valence-corrected chi connectivity index (χ1v) is 9.76. The van der Waals surface area contributed by atoms with Crippen LogP contribution in [0.2, 0.25) is 0 Å². The number of aromatic nitrogens is 2. The Bertz CT molecular complexity index is 1160. The van der Waals surface area contributed by atoms with Crippen molar-refractivity contribution in [2.45, 2.75) is 26.8 Å². The number of aryl methyl sites for hydroxylation is 1. The standard InChI is InChI=1S/C23H24FN3O4/c1-5-18-14(2)25-22(15-6-8-16(24)9-7-15)27(23(18)29)13-21(28)26-17-10-11-19(30-3)20(12-17)31-4/h6-12H,5,13H2,1-4H3,(H,26,28). The van der Waals surface area contributed by atoms with Crippen LogP contribution in [0.3, 0.4) is 0 Å². The lowest BCUT2D eigenvalue weighted by Crippen LogP contribution is -2.32. The van der Waals surface area contributed by atoms with Crippen molar-refractivity contribution >= 4 is 11.6 Å². The van der Waals surface area contributed by atoms with Crippen LogP contribution >= 0.6 is 0 Å². The summed E-state index contributed by atoms with van der Waals surface area (Å²) in [5.74, 6) is 0.499. The molecule has 31 heavy (non-hydrogen) atoms. The number of methoxy groups -OCH3 is 2. The minimum absolute atomic E-state index is 0.250. The molecule has 0 saturated carbocycles. The summed E-state index contributed by atoms with van der Waals surface area (Å²) in [6.07, 6.45) is 0.485. The molecule has 3 aromatic rings. The zero-order chi connectivity index (χ0) is 22.5. The van der Waals surface area contributed by atoms with Gasteiger partial charge in [-0.05, 0) is 49.7 Å². The van der Waals surface area contributed by atoms with E-state index in [-0.39, 0.29) is 12.1 Å². The molecule has 0 saturated heterocycles. The van der Waals surface area contributed by atoms with Gasteiger partial charge >= 0.3 is 0 Å². The van der Waals surface area contributed by atoms with Crippen LogP contribution in [0.15, 0.2) is 47.3 Å². The monoisotopic (exact) mass is 425 g/mol. The second-order valence-corrected chi connectivity index (χ2v) is 6.87. The molecule has 0 atom stereocenters. The van der Waals surface area contributed by atoms with Gasteiger partial charge in [0.05, 0.1) is 14.2 Å². The van der Waals surface area contributed by atoms with E-state index in [0.29, 0.717) is 46.3 Å². The van der Waals surface area contributed by atoms with Crippen molar-refractivity contribution in [1.29, 1.82) is 0 Å². The van der Waals surface area contributed by atoms with Gasteiger partial charge in [-0.25, -0.2) is 9.37 Å². The molecule has 0 spiro atoms. The van der Waals surface area contributed by atoms with Gasteiger partial charge in [0.15, 0.2) is 11.5 Å². The lowest BCUT2D eigenvalue weighted by molar-refractivity contribution is -0.116. The van der Waals surface area contributed by atoms with Crippen LogP contribution in [0.25, 0.3) is 11.4 Å². The SMILES string of the molecule is CCc1c(C)nc(-c2ccc(F)cc2)n(CC(=O)Nc2ccc(OC)c(OC)c2)c1=O. The van der Waals surface area contributed by atoms with Crippen molar-refractivity contribution in [3.8, 4) is 22.9 Å². The number of hydrogen-bond donors (Lipinski definition) is 1. The van der Waals surface area contributed by atoms with E-state index in [1.165, 1.54) is 43.1 Å². The Labute approximate surface area is 179 Å². The molecule has 3 rings (SSSR count). The third-order valence-corrected chi connectivity index (χ3v) is 4.89. The summed E-state index contributed by atoms with van der Waals surface area (Å²) in [7, 11) is 3.03. The van der Waals surface area contributed by atoms with E-state index in [2.05, 4.69) is 10.3 Å². The van der Waals surface area contributed by atoms with Gasteiger partial charge in [-0.1, -0.05) is 6.92 Å². The predicted molar refractivity (Wildman–Crippen MR) is 116 cm³/mol. The normalized spacial score (nSPS) is 10.6. The molecule has 1 aromatic heterocycles. The van der Waals surface area contributed by atoms with E-state index in [1.54, 1.807) is 25.1 Å². The zero-order valence-electron chi connectivity index (χ0n) is 17.9. The molecule has 1 amide bonds. The maximum atomic E-state index is 13.4. The van der Waals surface area contributed by atoms with E-state index in [9.17, 15) is 14.0 Å². The predicted octanol–water partition coefficient (Wildman–Crippen LogP) is 3.58. The quantitative estimate of drug-likeness (QED) is 0.626. The van der Waals surface area contributed by atoms with Gasteiger partial charge in [0.2, 0.25) is 5.91 Å². The van der Waals surface area contributed by atoms with Gasteiger partial charge in [0, 0.05) is 28.6 Å². The summed E-state index contributed by atoms with van der Waals surface area (Å²) in [6.45, 7) is 3.36. The molecule has 0 fully saturated rings. The van der Waals surface area contributed by atoms with Gasteiger partial charge in [-0.3, -0.25) is 14.2 Å². The Morgan fingerprint density at radius 3 is 2.39 bits per heavy atom. The average Bonchev–Trinajstić information content (AvgIpc) is 2.76. The molecule has 0 bridgehead atoms. The lowest BCUT2D eigenvalue weighted by Gasteiger charge is -2.16. The number of halogens is 1. The van der Waals surface area contributed by atoms with E-state index in [4.69, 9.17) is 9.47 Å². The molecule has 0 aliphatic carbocycles. The molecule has 0 radical (unpaired) electrons. The molecule has 8 heteroatoms. The number of nitrogens with zero attached hydrogens (tertiary/aromatic N) is 2. The number of nitrogens with one attached hydrogen (secondary N) is 1. The van der Waals surface area contributed by atoms with Crippen molar-refractivity contribution in [2.75, 3.05) is 19.5 Å². The maximum absolute atomic E-state index is 13.4. The number of carbonyl (C=O) groups excluding carboxylic acids is 1. The third-order valence-electron chi connectivity index (χ3n) is 4.89. The topological polar surface area (TPSA) is 82.5 Å². The van der Waals surface area contributed by atoms with E-state index in [1.807, 2.05) is 6.92 Å². The Balaban J connectivity index is 1.97. The Morgan fingerprint density at radius 1 is 1.10 bits per heavy atom. The Kier molecular flexibility index (Phi) is 6.69. The molecule has 0 unspecified atom stereocenters. The summed E-state index contributed by atoms with van der Waals surface area (Å²) in [4.78, 5) is 30.4. The lowest BCUT2D eigenvalue weighted by atomic mass is 10.1. The molecule has 1 heterocycles. The first-order chi connectivity index (χ1) is 14.9. The first kappa shape index (κ1) is 22.0. The van der Waals surface area contributed by atoms with Gasteiger partial charge in [-0.15, -0.1) is 0 Å². The number of benzene rings is 2. The summed E-state index contributed by atoms with van der Waals surface area (Å²) >= 11 is 0. The Morgan fingerprint density at radius 2 is 1.77 bits per heavy atom. The minimum atomic E-state index is -0.412. The number of anilines is 1. The second kappa shape index (κ2) is 9.42. The number of carbonyl (C=O) groups is 1. The minimum Gasteiger partial charge on any atom is -0.493 e. The second-order valence-electron chi connectivity index (χ2n) is 6.87. The molecule has 7 nitrogen and oxygen atoms in total. The van der Waals surface area contributed by atoms with Crippen LogP contribution in [-0.4, -0.2) is 29.7 Å². The number of rotatable bonds is 7. The summed E-state index contributed by atoms with van der Waals surface area (Å²) in [5.41, 5.74) is 1.86. The van der Waals surface area contributed by atoms with Crippen molar-refractivity contribution in [1.82, 2.24) is 9.55 Å². The van der Waals surface area contributed by atoms with Gasteiger partial charge in [-0.2, -0.15) is 0 Å². The van der Waals surface area contributed by atoms with Gasteiger partial charge in [0.1, 0.15) is 18.2 Å². The fourth-order valence-electron chi connectivity index (χ4n) is 3.33. The van der Waals surface area contributed by atoms with Crippen molar-refractivity contribution in [3.05, 3.63) is 69.9 Å². The average molecular weight is 425 g/mol. The van der Waals surface area contributed by atoms with Crippen LogP contribution in [0, 0.1) is 12.7 Å². The first-order valence-electron chi connectivity index (χ1n) is 9.76. The highest BCUT2D eigenvalue weighted by Crippen LogP contribution is 2.29. The van der Waals surface area contributed by atoms with E-state index < -0.39 is 11.7 Å². The summed E-state index contributed by atoms with van der Waals surface area (Å²) in [5, 5.41) is 2.76. The van der Waals surface area contributed by atoms with Crippen LogP contribution in [0.1, 0.15) is 18.2 Å². The number of hydrogen-bond acceptors (Lipinski definition) is 5. The summed E-state index contributed by atoms with van der Waals surface area (Å²) in [6, 6.07) is 10.6. The van der Waals surface area contributed by atoms with Crippen LogP contribution in [0.5, 0.6) is 11.5 Å². The van der Waals surface area contributed by atoms with Gasteiger partial charge < -0.3 is 14.8 Å². The van der Waals surface area contributed by atoms with Crippen molar-refractivity contribution < 1.29 is 18.7 Å². The fourth-order valence-corrected chi connectivity index (χ4v) is 3.33. The third kappa shape index (κ3) is 4.74. The zero-order valence-corrected chi connectivity index (χ0v) is 17.9. The van der Waals surface area contributed by atoms with Crippen molar-refractivity contribution in [3.63, 3.8) is 0 Å². The molecular formula is C23H24FN3O4. The number of ether oxygens (including phenoxy) is 2. The van der Waals surface area contributed by atoms with Crippen LogP contribution < -0.4 is 20.3 Å². The fraction of sp³-hybridized carbons (Fsp3) is 0.261. The highest BCUT2D eigenvalue weighted by molar-refractivity contribution is 5.91. The molecule has 0 aliphatic rings. The molecule has 0 aliphatic heterocycles. The number of amides is 1. The van der Waals surface area contributed by atoms with Gasteiger partial charge in [0.25, 0.3) is 5.56 Å². The highest BCUT2D eigenvalue weighted by atomic mass is 19.1. The Hall–Kier alpha value is -3.68. The maximum Gasteiger partial charge on any atom is 0.257 e. The molecule has 2 aromatic carbocycles. The largest absolute Gasteiger partial charge is 0.493 e. The van der Waals surface area contributed by atoms with Crippen LogP contribution in [0.4, 0.5) is 10.1 Å². The molecular weight excluding hydrogens is 401 g/mol. The van der Waals surface area contributed by atoms with E-state index in [0.717, 1.165) is 0 Å². The highest BCUT2D eigenvalue weighted by Gasteiger charge is 2.17.